The van der Waals surface area contributed by atoms with Crippen LogP contribution in [-0.2, 0) is 9.53 Å². The number of carbonyl (C=O) groups excluding carboxylic acids is 1. The highest BCUT2D eigenvalue weighted by molar-refractivity contribution is 7.13. The Balaban J connectivity index is 1.82. The standard InChI is InChI=1S/C10H15N3O2S/c1-8-7-15-4-3-13(8)6-9(14)12-10-11-2-5-16-10/h2,5,8H,3-4,6-7H2,1H3,(H,11,12,14)/t8-/m0/s1. The molecule has 5 nitrogen and oxygen atoms in total. The first-order valence-corrected chi connectivity index (χ1v) is 6.15. The number of nitrogens with one attached hydrogen (secondary N) is 1. The molecule has 1 fully saturated rings. The van der Waals surface area contributed by atoms with Crippen molar-refractivity contribution in [2.75, 3.05) is 31.6 Å². The number of hydrogen-bond donors (Lipinski definition) is 1. The zero-order valence-corrected chi connectivity index (χ0v) is 10.00. The van der Waals surface area contributed by atoms with Crippen molar-refractivity contribution in [1.82, 2.24) is 9.88 Å². The van der Waals surface area contributed by atoms with E-state index >= 15 is 0 Å². The van der Waals surface area contributed by atoms with Gasteiger partial charge in [-0.3, -0.25) is 9.69 Å². The number of ether oxygens (including phenoxy) is 1. The maximum atomic E-state index is 11.7. The molecular formula is C10H15N3O2S. The van der Waals surface area contributed by atoms with E-state index in [0.29, 0.717) is 30.9 Å². The average Bonchev–Trinajstić information content (AvgIpc) is 2.74. The zero-order chi connectivity index (χ0) is 11.4. The first kappa shape index (κ1) is 11.5. The number of hydrogen-bond acceptors (Lipinski definition) is 5. The Hall–Kier alpha value is -0.980. The van der Waals surface area contributed by atoms with E-state index in [4.69, 9.17) is 4.74 Å². The number of anilines is 1. The molecule has 1 atom stereocenters. The van der Waals surface area contributed by atoms with Gasteiger partial charge in [-0.25, -0.2) is 4.98 Å². The Morgan fingerprint density at radius 3 is 3.38 bits per heavy atom. The molecule has 1 aromatic rings. The van der Waals surface area contributed by atoms with Crippen LogP contribution in [0.1, 0.15) is 6.92 Å². The molecule has 0 spiro atoms. The van der Waals surface area contributed by atoms with Crippen LogP contribution in [0.15, 0.2) is 11.6 Å². The first-order valence-electron chi connectivity index (χ1n) is 5.27. The van der Waals surface area contributed by atoms with Gasteiger partial charge >= 0.3 is 0 Å². The number of rotatable bonds is 3. The number of amides is 1. The third-order valence-electron chi connectivity index (χ3n) is 2.53. The van der Waals surface area contributed by atoms with Crippen molar-refractivity contribution in [1.29, 1.82) is 0 Å². The van der Waals surface area contributed by atoms with Crippen molar-refractivity contribution in [3.05, 3.63) is 11.6 Å². The number of thiazole rings is 1. The molecule has 0 aromatic carbocycles. The lowest BCUT2D eigenvalue weighted by Crippen LogP contribution is -2.47. The third kappa shape index (κ3) is 3.01. The monoisotopic (exact) mass is 241 g/mol. The Morgan fingerprint density at radius 2 is 2.69 bits per heavy atom. The van der Waals surface area contributed by atoms with Crippen molar-refractivity contribution in [2.45, 2.75) is 13.0 Å². The van der Waals surface area contributed by atoms with Gasteiger partial charge in [0.1, 0.15) is 0 Å². The summed E-state index contributed by atoms with van der Waals surface area (Å²) in [6.45, 7) is 4.69. The van der Waals surface area contributed by atoms with Gasteiger partial charge in [-0.2, -0.15) is 0 Å². The van der Waals surface area contributed by atoms with Gasteiger partial charge < -0.3 is 10.1 Å². The Bertz CT molecular complexity index is 342. The number of nitrogens with zero attached hydrogens (tertiary/aromatic N) is 2. The molecule has 1 aromatic heterocycles. The van der Waals surface area contributed by atoms with E-state index in [1.165, 1.54) is 11.3 Å². The van der Waals surface area contributed by atoms with Crippen molar-refractivity contribution in [3.8, 4) is 0 Å². The van der Waals surface area contributed by atoms with Gasteiger partial charge in [0.2, 0.25) is 5.91 Å². The summed E-state index contributed by atoms with van der Waals surface area (Å²) >= 11 is 1.43. The molecule has 1 amide bonds. The molecule has 88 valence electrons. The molecule has 0 saturated carbocycles. The lowest BCUT2D eigenvalue weighted by molar-refractivity contribution is -0.119. The molecule has 0 unspecified atom stereocenters. The van der Waals surface area contributed by atoms with Gasteiger partial charge in [-0.1, -0.05) is 0 Å². The summed E-state index contributed by atoms with van der Waals surface area (Å²) in [6.07, 6.45) is 1.68. The second kappa shape index (κ2) is 5.38. The Kier molecular flexibility index (Phi) is 3.87. The van der Waals surface area contributed by atoms with Crippen LogP contribution < -0.4 is 5.32 Å². The SMILES string of the molecule is C[C@H]1COCCN1CC(=O)Nc1nccs1. The van der Waals surface area contributed by atoms with E-state index in [2.05, 4.69) is 22.1 Å². The van der Waals surface area contributed by atoms with Crippen molar-refractivity contribution in [3.63, 3.8) is 0 Å². The van der Waals surface area contributed by atoms with E-state index in [0.717, 1.165) is 6.54 Å². The smallest absolute Gasteiger partial charge is 0.240 e. The minimum atomic E-state index is -0.0105. The topological polar surface area (TPSA) is 54.5 Å². The van der Waals surface area contributed by atoms with Crippen molar-refractivity contribution < 1.29 is 9.53 Å². The molecule has 2 heterocycles. The molecule has 0 bridgehead atoms. The van der Waals surface area contributed by atoms with Crippen LogP contribution in [0.5, 0.6) is 0 Å². The molecule has 1 aliphatic rings. The quantitative estimate of drug-likeness (QED) is 0.850. The Morgan fingerprint density at radius 1 is 1.81 bits per heavy atom. The summed E-state index contributed by atoms with van der Waals surface area (Å²) < 4.78 is 5.32. The van der Waals surface area contributed by atoms with Gasteiger partial charge in [0.05, 0.1) is 19.8 Å². The lowest BCUT2D eigenvalue weighted by atomic mass is 10.2. The summed E-state index contributed by atoms with van der Waals surface area (Å²) in [5.41, 5.74) is 0. The van der Waals surface area contributed by atoms with Gasteiger partial charge in [0, 0.05) is 24.2 Å². The molecule has 6 heteroatoms. The van der Waals surface area contributed by atoms with E-state index in [1.54, 1.807) is 6.20 Å². The van der Waals surface area contributed by atoms with E-state index in [1.807, 2.05) is 5.38 Å². The molecular weight excluding hydrogens is 226 g/mol. The van der Waals surface area contributed by atoms with E-state index < -0.39 is 0 Å². The molecule has 2 rings (SSSR count). The minimum absolute atomic E-state index is 0.0105. The highest BCUT2D eigenvalue weighted by Gasteiger charge is 2.21. The zero-order valence-electron chi connectivity index (χ0n) is 9.18. The molecule has 1 saturated heterocycles. The maximum absolute atomic E-state index is 11.7. The minimum Gasteiger partial charge on any atom is -0.379 e. The average molecular weight is 241 g/mol. The predicted octanol–water partition coefficient (Wildman–Crippen LogP) is 0.802. The van der Waals surface area contributed by atoms with Crippen LogP contribution in [0, 0.1) is 0 Å². The van der Waals surface area contributed by atoms with Crippen LogP contribution in [0.4, 0.5) is 5.13 Å². The summed E-state index contributed by atoms with van der Waals surface area (Å²) in [6, 6.07) is 0.302. The second-order valence-corrected chi connectivity index (χ2v) is 4.67. The molecule has 0 aliphatic carbocycles. The van der Waals surface area contributed by atoms with Gasteiger partial charge in [-0.15, -0.1) is 11.3 Å². The number of morpholine rings is 1. The maximum Gasteiger partial charge on any atom is 0.240 e. The molecule has 1 N–H and O–H groups in total. The van der Waals surface area contributed by atoms with E-state index in [9.17, 15) is 4.79 Å². The third-order valence-corrected chi connectivity index (χ3v) is 3.22. The molecule has 1 aliphatic heterocycles. The first-order chi connectivity index (χ1) is 7.75. The largest absolute Gasteiger partial charge is 0.379 e. The molecule has 16 heavy (non-hydrogen) atoms. The van der Waals surface area contributed by atoms with Gasteiger partial charge in [0.15, 0.2) is 5.13 Å². The fourth-order valence-electron chi connectivity index (χ4n) is 1.62. The summed E-state index contributed by atoms with van der Waals surface area (Å²) in [4.78, 5) is 17.8. The Labute approximate surface area is 98.4 Å². The predicted molar refractivity (Wildman–Crippen MR) is 62.6 cm³/mol. The summed E-state index contributed by atoms with van der Waals surface area (Å²) in [5, 5.41) is 5.27. The van der Waals surface area contributed by atoms with Crippen LogP contribution in [0.2, 0.25) is 0 Å². The summed E-state index contributed by atoms with van der Waals surface area (Å²) in [5.74, 6) is -0.0105. The van der Waals surface area contributed by atoms with Crippen molar-refractivity contribution >= 4 is 22.4 Å². The number of carbonyl (C=O) groups is 1. The number of aromatic nitrogens is 1. The van der Waals surface area contributed by atoms with Crippen LogP contribution in [0.3, 0.4) is 0 Å². The fourth-order valence-corrected chi connectivity index (χ4v) is 2.17. The lowest BCUT2D eigenvalue weighted by Gasteiger charge is -2.32. The second-order valence-electron chi connectivity index (χ2n) is 3.78. The van der Waals surface area contributed by atoms with Gasteiger partial charge in [0.25, 0.3) is 0 Å². The van der Waals surface area contributed by atoms with Crippen LogP contribution in [0.25, 0.3) is 0 Å². The van der Waals surface area contributed by atoms with Crippen LogP contribution in [-0.4, -0.2) is 48.1 Å². The van der Waals surface area contributed by atoms with Crippen LogP contribution >= 0.6 is 11.3 Å². The normalized spacial score (nSPS) is 21.9. The van der Waals surface area contributed by atoms with Gasteiger partial charge in [-0.05, 0) is 6.92 Å². The van der Waals surface area contributed by atoms with Crippen molar-refractivity contribution in [2.24, 2.45) is 0 Å². The summed E-state index contributed by atoms with van der Waals surface area (Å²) in [7, 11) is 0. The fraction of sp³-hybridized carbons (Fsp3) is 0.600. The molecule has 0 radical (unpaired) electrons. The van der Waals surface area contributed by atoms with E-state index in [-0.39, 0.29) is 5.91 Å². The highest BCUT2D eigenvalue weighted by atomic mass is 32.1. The highest BCUT2D eigenvalue weighted by Crippen LogP contribution is 2.11.